The Labute approximate surface area is 158 Å². The maximum absolute atomic E-state index is 14.0. The minimum atomic E-state index is -0.455. The first kappa shape index (κ1) is 17.8. The fraction of sp³-hybridized carbons (Fsp3) is 0.600. The van der Waals surface area contributed by atoms with E-state index in [-0.39, 0.29) is 28.8 Å². The Morgan fingerprint density at radius 3 is 2.81 bits per heavy atom. The summed E-state index contributed by atoms with van der Waals surface area (Å²) in [6, 6.07) is 4.45. The van der Waals surface area contributed by atoms with E-state index in [1.54, 1.807) is 11.0 Å². The number of benzene rings is 1. The number of halogens is 2. The predicted molar refractivity (Wildman–Crippen MR) is 97.3 cm³/mol. The molecule has 1 saturated carbocycles. The highest BCUT2D eigenvalue weighted by molar-refractivity contribution is 6.31. The average molecular weight is 379 g/mol. The highest BCUT2D eigenvalue weighted by Crippen LogP contribution is 2.42. The van der Waals surface area contributed by atoms with Gasteiger partial charge in [0.05, 0.1) is 11.8 Å². The smallest absolute Gasteiger partial charge is 0.230 e. The fourth-order valence-corrected chi connectivity index (χ4v) is 4.60. The van der Waals surface area contributed by atoms with E-state index in [9.17, 15) is 14.0 Å². The molecule has 140 valence electrons. The van der Waals surface area contributed by atoms with Crippen LogP contribution >= 0.6 is 11.6 Å². The van der Waals surface area contributed by atoms with Gasteiger partial charge in [-0.1, -0.05) is 17.7 Å². The van der Waals surface area contributed by atoms with Crippen molar-refractivity contribution in [2.45, 2.75) is 38.5 Å². The number of rotatable bonds is 4. The molecule has 1 aromatic rings. The molecule has 0 unspecified atom stereocenters. The van der Waals surface area contributed by atoms with E-state index in [1.807, 2.05) is 4.90 Å². The largest absolute Gasteiger partial charge is 0.342 e. The third kappa shape index (κ3) is 3.34. The van der Waals surface area contributed by atoms with E-state index in [0.29, 0.717) is 25.4 Å². The maximum Gasteiger partial charge on any atom is 0.230 e. The highest BCUT2D eigenvalue weighted by Gasteiger charge is 2.49. The minimum absolute atomic E-state index is 0.0540. The molecule has 0 N–H and O–H groups in total. The van der Waals surface area contributed by atoms with Crippen molar-refractivity contribution in [3.8, 4) is 0 Å². The molecule has 1 spiro atoms. The van der Waals surface area contributed by atoms with Crippen molar-refractivity contribution in [2.24, 2.45) is 11.3 Å². The molecule has 2 amide bonds. The minimum Gasteiger partial charge on any atom is -0.342 e. The molecule has 26 heavy (non-hydrogen) atoms. The molecule has 2 aliphatic heterocycles. The highest BCUT2D eigenvalue weighted by atomic mass is 35.5. The van der Waals surface area contributed by atoms with Gasteiger partial charge in [-0.3, -0.25) is 9.59 Å². The van der Waals surface area contributed by atoms with Crippen molar-refractivity contribution in [1.29, 1.82) is 0 Å². The standard InChI is InChI=1S/C20H24ClFN2O2/c21-16-3-1-4-17(22)15(16)11-18(25)24-10-8-20(13-24)7-2-9-23(19(20)26)12-14-5-6-14/h1,3-4,14H,2,5-13H2/t20-/m0/s1. The lowest BCUT2D eigenvalue weighted by atomic mass is 9.78. The van der Waals surface area contributed by atoms with E-state index in [4.69, 9.17) is 11.6 Å². The molecule has 1 aromatic carbocycles. The van der Waals surface area contributed by atoms with Gasteiger partial charge in [0.2, 0.25) is 11.8 Å². The summed E-state index contributed by atoms with van der Waals surface area (Å²) >= 11 is 6.05. The number of hydrogen-bond acceptors (Lipinski definition) is 2. The first-order valence-corrected chi connectivity index (χ1v) is 9.86. The van der Waals surface area contributed by atoms with Crippen LogP contribution in [0.5, 0.6) is 0 Å². The van der Waals surface area contributed by atoms with Gasteiger partial charge in [0, 0.05) is 36.8 Å². The molecule has 1 atom stereocenters. The molecule has 0 radical (unpaired) electrons. The molecule has 4 rings (SSSR count). The van der Waals surface area contributed by atoms with Crippen molar-refractivity contribution >= 4 is 23.4 Å². The molecule has 2 saturated heterocycles. The third-order valence-corrected chi connectivity index (χ3v) is 6.45. The molecule has 1 aliphatic carbocycles. The van der Waals surface area contributed by atoms with Gasteiger partial charge in [-0.15, -0.1) is 0 Å². The van der Waals surface area contributed by atoms with Crippen LogP contribution in [0, 0.1) is 17.2 Å². The second kappa shape index (κ2) is 6.84. The number of nitrogens with zero attached hydrogens (tertiary/aromatic N) is 2. The monoisotopic (exact) mass is 378 g/mol. The molecule has 3 fully saturated rings. The topological polar surface area (TPSA) is 40.6 Å². The Hall–Kier alpha value is -1.62. The van der Waals surface area contributed by atoms with Gasteiger partial charge in [0.25, 0.3) is 0 Å². The molecular weight excluding hydrogens is 355 g/mol. The number of amides is 2. The first-order valence-electron chi connectivity index (χ1n) is 9.48. The van der Waals surface area contributed by atoms with Crippen molar-refractivity contribution in [3.05, 3.63) is 34.6 Å². The van der Waals surface area contributed by atoms with Crippen molar-refractivity contribution in [1.82, 2.24) is 9.80 Å². The average Bonchev–Trinajstić information content (AvgIpc) is 3.33. The summed E-state index contributed by atoms with van der Waals surface area (Å²) in [7, 11) is 0. The Morgan fingerprint density at radius 2 is 2.08 bits per heavy atom. The number of piperidine rings is 1. The van der Waals surface area contributed by atoms with Gasteiger partial charge < -0.3 is 9.80 Å². The van der Waals surface area contributed by atoms with E-state index in [2.05, 4.69) is 0 Å². The predicted octanol–water partition coefficient (Wildman–Crippen LogP) is 3.27. The Bertz CT molecular complexity index is 716. The molecule has 0 bridgehead atoms. The van der Waals surface area contributed by atoms with E-state index < -0.39 is 11.2 Å². The van der Waals surface area contributed by atoms with Crippen molar-refractivity contribution < 1.29 is 14.0 Å². The van der Waals surface area contributed by atoms with Crippen LogP contribution in [-0.4, -0.2) is 47.8 Å². The van der Waals surface area contributed by atoms with Crippen LogP contribution in [0.1, 0.15) is 37.7 Å². The Morgan fingerprint density at radius 1 is 1.27 bits per heavy atom. The van der Waals surface area contributed by atoms with E-state index >= 15 is 0 Å². The summed E-state index contributed by atoms with van der Waals surface area (Å²) in [5, 5.41) is 0.275. The zero-order valence-electron chi connectivity index (χ0n) is 14.8. The summed E-state index contributed by atoms with van der Waals surface area (Å²) in [5.41, 5.74) is -0.188. The first-order chi connectivity index (χ1) is 12.5. The lowest BCUT2D eigenvalue weighted by Gasteiger charge is -2.39. The summed E-state index contributed by atoms with van der Waals surface area (Å²) in [4.78, 5) is 29.5. The van der Waals surface area contributed by atoms with Crippen molar-refractivity contribution in [3.63, 3.8) is 0 Å². The summed E-state index contributed by atoms with van der Waals surface area (Å²) in [6.07, 6.45) is 4.96. The number of carbonyl (C=O) groups is 2. The normalized spacial score (nSPS) is 26.0. The van der Waals surface area contributed by atoms with E-state index in [0.717, 1.165) is 25.9 Å². The van der Waals surface area contributed by atoms with Crippen LogP contribution < -0.4 is 0 Å². The molecule has 2 heterocycles. The van der Waals surface area contributed by atoms with E-state index in [1.165, 1.54) is 25.0 Å². The van der Waals surface area contributed by atoms with Crippen molar-refractivity contribution in [2.75, 3.05) is 26.2 Å². The molecular formula is C20H24ClFN2O2. The zero-order valence-corrected chi connectivity index (χ0v) is 15.6. The second-order valence-corrected chi connectivity index (χ2v) is 8.43. The van der Waals surface area contributed by atoms with Gasteiger partial charge in [-0.25, -0.2) is 4.39 Å². The molecule has 0 aromatic heterocycles. The zero-order chi connectivity index (χ0) is 18.3. The third-order valence-electron chi connectivity index (χ3n) is 6.10. The molecule has 3 aliphatic rings. The number of likely N-dealkylation sites (tertiary alicyclic amines) is 2. The van der Waals surface area contributed by atoms with Crippen LogP contribution in [0.15, 0.2) is 18.2 Å². The Kier molecular flexibility index (Phi) is 4.68. The van der Waals surface area contributed by atoms with Gasteiger partial charge >= 0.3 is 0 Å². The van der Waals surface area contributed by atoms with Gasteiger partial charge in [-0.05, 0) is 50.2 Å². The van der Waals surface area contributed by atoms with Crippen LogP contribution in [0.4, 0.5) is 4.39 Å². The number of carbonyl (C=O) groups excluding carboxylic acids is 2. The SMILES string of the molecule is O=C(Cc1c(F)cccc1Cl)N1CC[C@@]2(CCCN(CC3CC3)C2=O)C1. The lowest BCUT2D eigenvalue weighted by molar-refractivity contribution is -0.146. The summed E-state index contributed by atoms with van der Waals surface area (Å²) in [6.45, 7) is 2.74. The quantitative estimate of drug-likeness (QED) is 0.806. The fourth-order valence-electron chi connectivity index (χ4n) is 4.37. The van der Waals surface area contributed by atoms with Crippen LogP contribution in [0.2, 0.25) is 5.02 Å². The number of hydrogen-bond donors (Lipinski definition) is 0. The molecule has 6 heteroatoms. The van der Waals surface area contributed by atoms with Gasteiger partial charge in [-0.2, -0.15) is 0 Å². The maximum atomic E-state index is 14.0. The van der Waals surface area contributed by atoms with Gasteiger partial charge in [0.15, 0.2) is 0 Å². The summed E-state index contributed by atoms with van der Waals surface area (Å²) in [5.74, 6) is 0.288. The van der Waals surface area contributed by atoms with Gasteiger partial charge in [0.1, 0.15) is 5.82 Å². The van der Waals surface area contributed by atoms with Crippen LogP contribution in [0.25, 0.3) is 0 Å². The lowest BCUT2D eigenvalue weighted by Crippen LogP contribution is -2.51. The second-order valence-electron chi connectivity index (χ2n) is 8.02. The Balaban J connectivity index is 1.44. The summed E-state index contributed by atoms with van der Waals surface area (Å²) < 4.78 is 14.0. The molecule has 4 nitrogen and oxygen atoms in total. The van der Waals surface area contributed by atoms with Crippen LogP contribution in [0.3, 0.4) is 0 Å². The van der Waals surface area contributed by atoms with Crippen LogP contribution in [-0.2, 0) is 16.0 Å².